The number of amides is 4. The highest BCUT2D eigenvalue weighted by Gasteiger charge is 2.48. The molecule has 0 fully saturated rings. The molecule has 164 valence electrons. The van der Waals surface area contributed by atoms with Gasteiger partial charge in [-0.1, -0.05) is 28.4 Å². The van der Waals surface area contributed by atoms with Crippen LogP contribution in [0.5, 0.6) is 0 Å². The summed E-state index contributed by atoms with van der Waals surface area (Å²) in [6.07, 6.45) is -4.59. The maximum Gasteiger partial charge on any atom is 0.445 e. The second kappa shape index (κ2) is 8.42. The predicted molar refractivity (Wildman–Crippen MR) is 111 cm³/mol. The van der Waals surface area contributed by atoms with Gasteiger partial charge in [0.1, 0.15) is 5.04 Å². The highest BCUT2D eigenvalue weighted by Crippen LogP contribution is 2.34. The molecule has 2 aliphatic rings. The summed E-state index contributed by atoms with van der Waals surface area (Å²) in [5.74, 6) is -1.89. The van der Waals surface area contributed by atoms with Crippen LogP contribution in [0.3, 0.4) is 0 Å². The van der Waals surface area contributed by atoms with Crippen molar-refractivity contribution in [2.45, 2.75) is 13.1 Å². The minimum absolute atomic E-state index is 0.0517. The first kappa shape index (κ1) is 22.9. The molecule has 1 aromatic carbocycles. The highest BCUT2D eigenvalue weighted by molar-refractivity contribution is 8.14. The molecule has 0 saturated carbocycles. The predicted octanol–water partition coefficient (Wildman–Crippen LogP) is 3.11. The molecule has 0 aromatic heterocycles. The lowest BCUT2D eigenvalue weighted by Crippen LogP contribution is -2.54. The Hall–Kier alpha value is -2.73. The quantitative estimate of drug-likeness (QED) is 0.681. The summed E-state index contributed by atoms with van der Waals surface area (Å²) in [5.41, 5.74) is -1.14. The number of benzene rings is 1. The fourth-order valence-corrected chi connectivity index (χ4v) is 4.01. The van der Waals surface area contributed by atoms with E-state index in [1.54, 1.807) is 6.92 Å². The zero-order valence-corrected chi connectivity index (χ0v) is 18.0. The number of rotatable bonds is 3. The first-order valence-corrected chi connectivity index (χ1v) is 10.1. The average molecular weight is 475 g/mol. The molecule has 13 heteroatoms. The van der Waals surface area contributed by atoms with E-state index in [4.69, 9.17) is 11.6 Å². The molecule has 1 unspecified atom stereocenters. The van der Waals surface area contributed by atoms with Gasteiger partial charge in [-0.15, -0.1) is 0 Å². The van der Waals surface area contributed by atoms with Gasteiger partial charge in [-0.3, -0.25) is 9.59 Å². The van der Waals surface area contributed by atoms with Crippen LogP contribution in [0.15, 0.2) is 28.2 Å². The molecule has 0 radical (unpaired) electrons. The third-order valence-corrected chi connectivity index (χ3v) is 5.83. The van der Waals surface area contributed by atoms with Crippen LogP contribution in [-0.2, 0) is 15.8 Å². The zero-order valence-electron chi connectivity index (χ0n) is 16.5. The van der Waals surface area contributed by atoms with Gasteiger partial charge in [0, 0.05) is 6.92 Å². The van der Waals surface area contributed by atoms with Crippen LogP contribution in [0.1, 0.15) is 12.5 Å². The first-order valence-electron chi connectivity index (χ1n) is 8.75. The Bertz CT molecular complexity index is 1080. The second-order valence-electron chi connectivity index (χ2n) is 6.67. The summed E-state index contributed by atoms with van der Waals surface area (Å²) in [6.45, 7) is 1.58. The van der Waals surface area contributed by atoms with E-state index >= 15 is 0 Å². The molecule has 4 amide bonds. The number of nitrogens with zero attached hydrogens (tertiary/aromatic N) is 4. The molecular weight excluding hydrogens is 459 g/mol. The smallest absolute Gasteiger partial charge is 0.324 e. The van der Waals surface area contributed by atoms with Gasteiger partial charge < -0.3 is 5.32 Å². The third kappa shape index (κ3) is 4.64. The number of urea groups is 1. The highest BCUT2D eigenvalue weighted by atomic mass is 35.5. The van der Waals surface area contributed by atoms with Crippen molar-refractivity contribution in [1.29, 1.82) is 0 Å². The summed E-state index contributed by atoms with van der Waals surface area (Å²) in [4.78, 5) is 46.4. The number of nitrogens with one attached hydrogen (secondary N) is 1. The minimum Gasteiger partial charge on any atom is -0.324 e. The maximum absolute atomic E-state index is 12.9. The molecule has 0 spiro atoms. The van der Waals surface area contributed by atoms with Gasteiger partial charge in [0.25, 0.3) is 5.84 Å². The number of anilines is 1. The number of carbonyl (C=O) groups is 3. The number of fused-ring (bicyclic) bond motifs is 1. The molecule has 2 aliphatic heterocycles. The van der Waals surface area contributed by atoms with Gasteiger partial charge in [0.2, 0.25) is 11.7 Å². The number of amidine groups is 2. The van der Waals surface area contributed by atoms with Crippen molar-refractivity contribution in [2.24, 2.45) is 15.9 Å². The van der Waals surface area contributed by atoms with Gasteiger partial charge in [-0.25, -0.2) is 9.79 Å². The Morgan fingerprint density at radius 1 is 1.32 bits per heavy atom. The van der Waals surface area contributed by atoms with E-state index in [0.29, 0.717) is 5.84 Å². The van der Waals surface area contributed by atoms with E-state index in [0.717, 1.165) is 34.9 Å². The summed E-state index contributed by atoms with van der Waals surface area (Å²) in [7, 11) is 2.80. The molecule has 1 N–H and O–H groups in total. The van der Waals surface area contributed by atoms with E-state index in [1.165, 1.54) is 18.7 Å². The molecular formula is C18H16ClF3N5O3S+. The number of imide groups is 1. The molecule has 0 bridgehead atoms. The summed E-state index contributed by atoms with van der Waals surface area (Å²) < 4.78 is 39.9. The summed E-state index contributed by atoms with van der Waals surface area (Å²) in [6, 6.07) is 2.05. The van der Waals surface area contributed by atoms with Crippen LogP contribution < -0.4 is 5.32 Å². The summed E-state index contributed by atoms with van der Waals surface area (Å²) in [5, 5.41) is 2.54. The second-order valence-corrected chi connectivity index (χ2v) is 8.07. The van der Waals surface area contributed by atoms with Gasteiger partial charge in [0.05, 0.1) is 36.1 Å². The zero-order chi connectivity index (χ0) is 23.1. The lowest BCUT2D eigenvalue weighted by atomic mass is 10.1. The van der Waals surface area contributed by atoms with E-state index in [9.17, 15) is 27.6 Å². The van der Waals surface area contributed by atoms with E-state index in [2.05, 4.69) is 15.3 Å². The largest absolute Gasteiger partial charge is 0.445 e. The Morgan fingerprint density at radius 3 is 2.65 bits per heavy atom. The number of hydrogen-bond acceptors (Lipinski definition) is 6. The first-order chi connectivity index (χ1) is 14.4. The number of aliphatic imine (C=N–C) groups is 2. The van der Waals surface area contributed by atoms with Crippen LogP contribution >= 0.6 is 23.4 Å². The Balaban J connectivity index is 1.77. The Kier molecular flexibility index (Phi) is 6.23. The van der Waals surface area contributed by atoms with Gasteiger partial charge in [-0.2, -0.15) is 22.6 Å². The standard InChI is InChI=1S/C18H15ClF3N5O3S/c1-8-23-14-13(16(29)27(3)17(30)26(14)2)15(24-8)31-7-12(28)25-11-6-9(18(20,21)22)4-5-10(11)19/h4-6,13H,7H2,1-3H3/p+1. The van der Waals surface area contributed by atoms with Crippen LogP contribution in [0.2, 0.25) is 5.02 Å². The minimum atomic E-state index is -4.59. The van der Waals surface area contributed by atoms with Crippen LogP contribution in [0.25, 0.3) is 0 Å². The lowest BCUT2D eigenvalue weighted by molar-refractivity contribution is -0.407. The molecule has 1 aromatic rings. The fourth-order valence-electron chi connectivity index (χ4n) is 2.92. The molecule has 2 heterocycles. The van der Waals surface area contributed by atoms with Crippen molar-refractivity contribution in [1.82, 2.24) is 4.90 Å². The average Bonchev–Trinajstić information content (AvgIpc) is 2.69. The van der Waals surface area contributed by atoms with Crippen molar-refractivity contribution in [3.63, 3.8) is 0 Å². The number of carbonyl (C=O) groups excluding carboxylic acids is 3. The van der Waals surface area contributed by atoms with Crippen molar-refractivity contribution in [2.75, 3.05) is 25.2 Å². The van der Waals surface area contributed by atoms with Crippen LogP contribution in [-0.4, -0.2) is 63.9 Å². The molecule has 3 rings (SSSR count). The van der Waals surface area contributed by atoms with E-state index in [-0.39, 0.29) is 27.3 Å². The summed E-state index contributed by atoms with van der Waals surface area (Å²) >= 11 is 6.82. The fraction of sp³-hybridized carbons (Fsp3) is 0.333. The normalized spacial score (nSPS) is 19.2. The number of thioether (sulfide) groups is 1. The Morgan fingerprint density at radius 2 is 2.00 bits per heavy atom. The van der Waals surface area contributed by atoms with Gasteiger partial charge in [-0.05, 0) is 18.2 Å². The molecule has 0 saturated heterocycles. The maximum atomic E-state index is 12.9. The van der Waals surface area contributed by atoms with E-state index < -0.39 is 35.5 Å². The van der Waals surface area contributed by atoms with Gasteiger partial charge in [0.15, 0.2) is 5.92 Å². The van der Waals surface area contributed by atoms with Crippen molar-refractivity contribution < 1.29 is 32.1 Å². The molecule has 0 aliphatic carbocycles. The van der Waals surface area contributed by atoms with Crippen LogP contribution in [0.4, 0.5) is 23.7 Å². The van der Waals surface area contributed by atoms with E-state index in [1.807, 2.05) is 0 Å². The molecule has 31 heavy (non-hydrogen) atoms. The number of halogens is 4. The van der Waals surface area contributed by atoms with Crippen molar-refractivity contribution in [3.05, 3.63) is 28.8 Å². The molecule has 1 atom stereocenters. The van der Waals surface area contributed by atoms with Crippen LogP contribution in [0, 0.1) is 5.92 Å². The number of alkyl halides is 3. The molecule has 8 nitrogen and oxygen atoms in total. The topological polar surface area (TPSA) is 94.2 Å². The van der Waals surface area contributed by atoms with Gasteiger partial charge >= 0.3 is 18.1 Å². The Labute approximate surface area is 183 Å². The number of hydrogen-bond donors (Lipinski definition) is 1. The lowest BCUT2D eigenvalue weighted by Gasteiger charge is -2.26. The third-order valence-electron chi connectivity index (χ3n) is 4.47. The monoisotopic (exact) mass is 474 g/mol. The van der Waals surface area contributed by atoms with Crippen molar-refractivity contribution in [3.8, 4) is 0 Å². The van der Waals surface area contributed by atoms with Crippen molar-refractivity contribution >= 4 is 63.6 Å². The SMILES string of the molecule is CC1=NC2=[N+](C)C(=O)N(C)C(=O)C2C(SCC(=O)Nc2cc(C(F)(F)F)ccc2Cl)=N1.